The van der Waals surface area contributed by atoms with Crippen LogP contribution in [0.15, 0.2) is 76.5 Å². The second kappa shape index (κ2) is 11.3. The zero-order chi connectivity index (χ0) is 23.9. The average molecular weight is 492 g/mol. The van der Waals surface area contributed by atoms with Gasteiger partial charge >= 0.3 is 0 Å². The van der Waals surface area contributed by atoms with Crippen LogP contribution in [0, 0.1) is 0 Å². The molecular formula is C27H26ClN3O2S. The summed E-state index contributed by atoms with van der Waals surface area (Å²) < 4.78 is 7.77. The molecule has 5 nitrogen and oxygen atoms in total. The Hall–Kier alpha value is -3.19. The van der Waals surface area contributed by atoms with Gasteiger partial charge in [0.05, 0.1) is 24.3 Å². The van der Waals surface area contributed by atoms with Crippen molar-refractivity contribution in [2.24, 2.45) is 4.99 Å². The lowest BCUT2D eigenvalue weighted by molar-refractivity contribution is 0.148. The van der Waals surface area contributed by atoms with Crippen molar-refractivity contribution in [3.63, 3.8) is 0 Å². The first-order chi connectivity index (χ1) is 16.6. The van der Waals surface area contributed by atoms with E-state index in [0.29, 0.717) is 31.3 Å². The summed E-state index contributed by atoms with van der Waals surface area (Å²) in [6, 6.07) is 19.2. The maximum Gasteiger partial charge on any atom is 0.197 e. The van der Waals surface area contributed by atoms with Gasteiger partial charge in [0, 0.05) is 49.8 Å². The highest BCUT2D eigenvalue weighted by atomic mass is 35.5. The SMILES string of the molecule is C=Nc1cc(Cl)ccc1/C(=C\C)NCCOCCNc1cccc2sc3ccccc3c(=O)c12. The molecule has 4 aromatic rings. The highest BCUT2D eigenvalue weighted by molar-refractivity contribution is 7.24. The number of rotatable bonds is 10. The minimum Gasteiger partial charge on any atom is -0.382 e. The summed E-state index contributed by atoms with van der Waals surface area (Å²) in [6.45, 7) is 7.91. The summed E-state index contributed by atoms with van der Waals surface area (Å²) in [5.74, 6) is 0. The van der Waals surface area contributed by atoms with E-state index in [2.05, 4.69) is 22.3 Å². The van der Waals surface area contributed by atoms with Gasteiger partial charge in [-0.05, 0) is 56.1 Å². The van der Waals surface area contributed by atoms with Crippen LogP contribution in [0.25, 0.3) is 25.9 Å². The van der Waals surface area contributed by atoms with E-state index in [9.17, 15) is 4.79 Å². The van der Waals surface area contributed by atoms with Gasteiger partial charge in [0.25, 0.3) is 0 Å². The molecule has 0 bridgehead atoms. The maximum absolute atomic E-state index is 13.1. The standard InChI is InChI=1S/C27H26ClN3O2S/c1-3-21(19-12-11-18(28)17-23(19)29-2)30-13-15-33-16-14-31-22-8-6-10-25-26(22)27(32)20-7-4-5-9-24(20)34-25/h3-12,17,30-31H,2,13-16H2,1H3/b21-3+. The van der Waals surface area contributed by atoms with Gasteiger partial charge in [0.15, 0.2) is 5.43 Å². The third kappa shape index (κ3) is 5.30. The lowest BCUT2D eigenvalue weighted by atomic mass is 10.1. The van der Waals surface area contributed by atoms with Gasteiger partial charge in [-0.3, -0.25) is 9.79 Å². The Bertz CT molecular complexity index is 1410. The van der Waals surface area contributed by atoms with E-state index < -0.39 is 0 Å². The lowest BCUT2D eigenvalue weighted by Gasteiger charge is -2.14. The molecule has 0 amide bonds. The molecule has 2 N–H and O–H groups in total. The number of benzene rings is 3. The van der Waals surface area contributed by atoms with Gasteiger partial charge in [0.1, 0.15) is 0 Å². The first-order valence-corrected chi connectivity index (χ1v) is 12.2. The molecule has 0 spiro atoms. The number of allylic oxidation sites excluding steroid dienone is 1. The number of hydrogen-bond donors (Lipinski definition) is 2. The number of hydrogen-bond acceptors (Lipinski definition) is 6. The third-order valence-corrected chi connectivity index (χ3v) is 6.81. The second-order valence-corrected chi connectivity index (χ2v) is 9.11. The van der Waals surface area contributed by atoms with Gasteiger partial charge in [-0.25, -0.2) is 0 Å². The Morgan fingerprint density at radius 3 is 2.71 bits per heavy atom. The molecule has 0 aliphatic carbocycles. The fraction of sp³-hybridized carbons (Fsp3) is 0.185. The molecule has 0 unspecified atom stereocenters. The number of nitrogens with zero attached hydrogens (tertiary/aromatic N) is 1. The van der Waals surface area contributed by atoms with Crippen molar-refractivity contribution in [1.29, 1.82) is 0 Å². The average Bonchev–Trinajstić information content (AvgIpc) is 2.86. The van der Waals surface area contributed by atoms with E-state index >= 15 is 0 Å². The third-order valence-electron chi connectivity index (χ3n) is 5.44. The number of anilines is 1. The molecule has 0 atom stereocenters. The second-order valence-electron chi connectivity index (χ2n) is 7.59. The number of halogens is 1. The Morgan fingerprint density at radius 2 is 1.88 bits per heavy atom. The van der Waals surface area contributed by atoms with Crippen LogP contribution in [0.3, 0.4) is 0 Å². The van der Waals surface area contributed by atoms with Crippen LogP contribution in [0.1, 0.15) is 12.5 Å². The van der Waals surface area contributed by atoms with Crippen LogP contribution in [-0.2, 0) is 4.74 Å². The van der Waals surface area contributed by atoms with E-state index in [4.69, 9.17) is 16.3 Å². The molecule has 0 fully saturated rings. The van der Waals surface area contributed by atoms with Crippen LogP contribution < -0.4 is 16.1 Å². The molecular weight excluding hydrogens is 466 g/mol. The van der Waals surface area contributed by atoms with E-state index in [1.165, 1.54) is 0 Å². The molecule has 0 radical (unpaired) electrons. The zero-order valence-corrected chi connectivity index (χ0v) is 20.5. The van der Waals surface area contributed by atoms with Crippen LogP contribution in [0.2, 0.25) is 5.02 Å². The van der Waals surface area contributed by atoms with E-state index in [0.717, 1.165) is 42.8 Å². The quantitative estimate of drug-likeness (QED) is 0.151. The van der Waals surface area contributed by atoms with Crippen molar-refractivity contribution in [2.45, 2.75) is 6.92 Å². The lowest BCUT2D eigenvalue weighted by Crippen LogP contribution is -2.20. The Morgan fingerprint density at radius 1 is 1.09 bits per heavy atom. The molecule has 0 saturated heterocycles. The van der Waals surface area contributed by atoms with Crippen LogP contribution >= 0.6 is 22.9 Å². The molecule has 1 aromatic heterocycles. The van der Waals surface area contributed by atoms with Crippen LogP contribution in [0.4, 0.5) is 11.4 Å². The minimum absolute atomic E-state index is 0.0621. The Labute approximate surface area is 207 Å². The molecule has 174 valence electrons. The molecule has 0 aliphatic rings. The number of nitrogens with one attached hydrogen (secondary N) is 2. The van der Waals surface area contributed by atoms with Crippen molar-refractivity contribution in [1.82, 2.24) is 5.32 Å². The molecule has 34 heavy (non-hydrogen) atoms. The first-order valence-electron chi connectivity index (χ1n) is 11.1. The summed E-state index contributed by atoms with van der Waals surface area (Å²) in [5, 5.41) is 8.87. The minimum atomic E-state index is 0.0621. The molecule has 3 aromatic carbocycles. The van der Waals surface area contributed by atoms with Crippen molar-refractivity contribution in [3.8, 4) is 0 Å². The van der Waals surface area contributed by atoms with Crippen LogP contribution in [-0.4, -0.2) is 33.0 Å². The van der Waals surface area contributed by atoms with Gasteiger partial charge in [-0.1, -0.05) is 35.9 Å². The number of fused-ring (bicyclic) bond motifs is 2. The first kappa shape index (κ1) is 24.0. The number of aliphatic imine (C=N–C) groups is 1. The predicted molar refractivity (Wildman–Crippen MR) is 147 cm³/mol. The van der Waals surface area contributed by atoms with Crippen LogP contribution in [0.5, 0.6) is 0 Å². The Kier molecular flexibility index (Phi) is 7.95. The van der Waals surface area contributed by atoms with E-state index in [1.807, 2.05) is 67.6 Å². The van der Waals surface area contributed by atoms with Crippen molar-refractivity contribution in [3.05, 3.63) is 87.5 Å². The monoisotopic (exact) mass is 491 g/mol. The summed E-state index contributed by atoms with van der Waals surface area (Å²) in [4.78, 5) is 17.1. The van der Waals surface area contributed by atoms with Gasteiger partial charge in [0.2, 0.25) is 0 Å². The van der Waals surface area contributed by atoms with E-state index in [-0.39, 0.29) is 5.43 Å². The normalized spacial score (nSPS) is 11.6. The molecule has 0 saturated carbocycles. The molecule has 0 aliphatic heterocycles. The van der Waals surface area contributed by atoms with Gasteiger partial charge in [-0.15, -0.1) is 11.3 Å². The molecule has 1 heterocycles. The van der Waals surface area contributed by atoms with E-state index in [1.54, 1.807) is 17.4 Å². The van der Waals surface area contributed by atoms with Gasteiger partial charge in [-0.2, -0.15) is 0 Å². The summed E-state index contributed by atoms with van der Waals surface area (Å²) in [6.07, 6.45) is 1.99. The van der Waals surface area contributed by atoms with Crippen molar-refractivity contribution in [2.75, 3.05) is 31.6 Å². The van der Waals surface area contributed by atoms with Crippen molar-refractivity contribution < 1.29 is 4.74 Å². The van der Waals surface area contributed by atoms with Crippen molar-refractivity contribution >= 4 is 66.9 Å². The number of ether oxygens (including phenoxy) is 1. The van der Waals surface area contributed by atoms with Gasteiger partial charge < -0.3 is 15.4 Å². The predicted octanol–water partition coefficient (Wildman–Crippen LogP) is 6.48. The molecule has 7 heteroatoms. The topological polar surface area (TPSA) is 62.7 Å². The Balaban J connectivity index is 1.30. The summed E-state index contributed by atoms with van der Waals surface area (Å²) >= 11 is 7.69. The maximum atomic E-state index is 13.1. The highest BCUT2D eigenvalue weighted by Crippen LogP contribution is 2.29. The smallest absolute Gasteiger partial charge is 0.197 e. The fourth-order valence-corrected chi connectivity index (χ4v) is 5.10. The highest BCUT2D eigenvalue weighted by Gasteiger charge is 2.10. The largest absolute Gasteiger partial charge is 0.382 e. The summed E-state index contributed by atoms with van der Waals surface area (Å²) in [5.41, 5.74) is 3.54. The summed E-state index contributed by atoms with van der Waals surface area (Å²) in [7, 11) is 0. The zero-order valence-electron chi connectivity index (χ0n) is 18.9. The molecule has 4 rings (SSSR count). The fourth-order valence-electron chi connectivity index (χ4n) is 3.83.